The Morgan fingerprint density at radius 3 is 2.57 bits per heavy atom. The van der Waals surface area contributed by atoms with Crippen LogP contribution < -0.4 is 5.32 Å². The van der Waals surface area contributed by atoms with E-state index in [1.165, 1.54) is 0 Å². The van der Waals surface area contributed by atoms with Crippen LogP contribution in [0.2, 0.25) is 0 Å². The molecule has 0 atom stereocenters. The fourth-order valence-corrected chi connectivity index (χ4v) is 1.69. The number of hydrogen-bond donors (Lipinski definition) is 1. The average molecular weight is 288 g/mol. The molecule has 2 aromatic rings. The smallest absolute Gasteiger partial charge is 0.338 e. The van der Waals surface area contributed by atoms with Gasteiger partial charge >= 0.3 is 5.97 Å². The van der Waals surface area contributed by atoms with Gasteiger partial charge in [-0.3, -0.25) is 10.1 Å². The van der Waals surface area contributed by atoms with Crippen LogP contribution in [0, 0.1) is 6.92 Å². The standard InChI is InChI=1S/C15H16N2O4/c1-3-11-4-6-12(7-5-11)15(19)20-9-13(18)16-14-8-10(2)17-21-14/h4-8H,3,9H2,1-2H3,(H,16,18). The molecule has 0 spiro atoms. The van der Waals surface area contributed by atoms with E-state index in [1.807, 2.05) is 19.1 Å². The van der Waals surface area contributed by atoms with Gasteiger partial charge in [0.05, 0.1) is 11.3 Å². The van der Waals surface area contributed by atoms with Gasteiger partial charge in [-0.05, 0) is 31.0 Å². The zero-order valence-electron chi connectivity index (χ0n) is 11.9. The van der Waals surface area contributed by atoms with Crippen LogP contribution >= 0.6 is 0 Å². The predicted molar refractivity (Wildman–Crippen MR) is 76.0 cm³/mol. The van der Waals surface area contributed by atoms with Crippen molar-refractivity contribution in [3.63, 3.8) is 0 Å². The largest absolute Gasteiger partial charge is 0.452 e. The number of nitrogens with one attached hydrogen (secondary N) is 1. The van der Waals surface area contributed by atoms with E-state index in [0.717, 1.165) is 12.0 Å². The number of carbonyl (C=O) groups is 2. The number of esters is 1. The minimum absolute atomic E-state index is 0.223. The summed E-state index contributed by atoms with van der Waals surface area (Å²) in [5, 5.41) is 6.07. The SMILES string of the molecule is CCc1ccc(C(=O)OCC(=O)Nc2cc(C)no2)cc1. The van der Waals surface area contributed by atoms with E-state index in [2.05, 4.69) is 10.5 Å². The Kier molecular flexibility index (Phi) is 4.71. The number of ether oxygens (including phenoxy) is 1. The Morgan fingerprint density at radius 2 is 2.00 bits per heavy atom. The minimum atomic E-state index is -0.540. The van der Waals surface area contributed by atoms with Gasteiger partial charge in [0.15, 0.2) is 6.61 Å². The number of hydrogen-bond acceptors (Lipinski definition) is 5. The predicted octanol–water partition coefficient (Wildman–Crippen LogP) is 2.34. The normalized spacial score (nSPS) is 10.2. The Labute approximate surface area is 122 Å². The topological polar surface area (TPSA) is 81.4 Å². The van der Waals surface area contributed by atoms with E-state index in [0.29, 0.717) is 11.3 Å². The summed E-state index contributed by atoms with van der Waals surface area (Å²) in [6, 6.07) is 8.64. The molecule has 110 valence electrons. The summed E-state index contributed by atoms with van der Waals surface area (Å²) < 4.78 is 9.76. The number of anilines is 1. The molecule has 6 nitrogen and oxygen atoms in total. The zero-order chi connectivity index (χ0) is 15.2. The molecule has 2 rings (SSSR count). The molecule has 0 aliphatic heterocycles. The summed E-state index contributed by atoms with van der Waals surface area (Å²) in [7, 11) is 0. The highest BCUT2D eigenvalue weighted by Crippen LogP contribution is 2.09. The van der Waals surface area contributed by atoms with Crippen molar-refractivity contribution in [2.24, 2.45) is 0 Å². The van der Waals surface area contributed by atoms with Gasteiger partial charge in [-0.2, -0.15) is 0 Å². The molecule has 1 amide bonds. The van der Waals surface area contributed by atoms with E-state index < -0.39 is 11.9 Å². The van der Waals surface area contributed by atoms with Crippen molar-refractivity contribution in [2.75, 3.05) is 11.9 Å². The molecule has 0 unspecified atom stereocenters. The molecule has 0 saturated carbocycles. The third-order valence-electron chi connectivity index (χ3n) is 2.82. The van der Waals surface area contributed by atoms with E-state index in [1.54, 1.807) is 25.1 Å². The molecule has 0 saturated heterocycles. The second-order valence-corrected chi connectivity index (χ2v) is 4.51. The van der Waals surface area contributed by atoms with Crippen molar-refractivity contribution in [3.05, 3.63) is 47.2 Å². The van der Waals surface area contributed by atoms with Crippen molar-refractivity contribution in [1.82, 2.24) is 5.16 Å². The molecule has 0 aliphatic carbocycles. The van der Waals surface area contributed by atoms with E-state index in [4.69, 9.17) is 9.26 Å². The monoisotopic (exact) mass is 288 g/mol. The number of aromatic nitrogens is 1. The number of rotatable bonds is 5. The van der Waals surface area contributed by atoms with Crippen molar-refractivity contribution in [2.45, 2.75) is 20.3 Å². The lowest BCUT2D eigenvalue weighted by atomic mass is 10.1. The van der Waals surface area contributed by atoms with Crippen molar-refractivity contribution >= 4 is 17.8 Å². The number of benzene rings is 1. The maximum Gasteiger partial charge on any atom is 0.338 e. The summed E-state index contributed by atoms with van der Waals surface area (Å²) in [5.41, 5.74) is 2.19. The first-order valence-electron chi connectivity index (χ1n) is 6.57. The highest BCUT2D eigenvalue weighted by Gasteiger charge is 2.11. The lowest BCUT2D eigenvalue weighted by molar-refractivity contribution is -0.119. The summed E-state index contributed by atoms with van der Waals surface area (Å²) in [5.74, 6) is -0.799. The van der Waals surface area contributed by atoms with Crippen LogP contribution in [0.1, 0.15) is 28.5 Å². The highest BCUT2D eigenvalue weighted by molar-refractivity contribution is 5.94. The molecule has 0 bridgehead atoms. The van der Waals surface area contributed by atoms with Gasteiger partial charge in [0, 0.05) is 6.07 Å². The lowest BCUT2D eigenvalue weighted by Crippen LogP contribution is -2.20. The van der Waals surface area contributed by atoms with Crippen molar-refractivity contribution < 1.29 is 18.8 Å². The molecule has 1 N–H and O–H groups in total. The van der Waals surface area contributed by atoms with Gasteiger partial charge in [0.2, 0.25) is 5.88 Å². The molecule has 0 aliphatic rings. The van der Waals surface area contributed by atoms with Gasteiger partial charge in [-0.1, -0.05) is 24.2 Å². The molecule has 1 aromatic heterocycles. The third kappa shape index (κ3) is 4.17. The van der Waals surface area contributed by atoms with Gasteiger partial charge in [0.25, 0.3) is 5.91 Å². The summed E-state index contributed by atoms with van der Waals surface area (Å²) >= 11 is 0. The summed E-state index contributed by atoms with van der Waals surface area (Å²) in [6.07, 6.45) is 0.897. The van der Waals surface area contributed by atoms with E-state index >= 15 is 0 Å². The molecule has 6 heteroatoms. The highest BCUT2D eigenvalue weighted by atomic mass is 16.5. The first kappa shape index (κ1) is 14.8. The van der Waals surface area contributed by atoms with Gasteiger partial charge in [0.1, 0.15) is 0 Å². The Hall–Kier alpha value is -2.63. The molecule has 0 fully saturated rings. The van der Waals surface area contributed by atoms with Crippen molar-refractivity contribution in [1.29, 1.82) is 0 Å². The second kappa shape index (κ2) is 6.69. The van der Waals surface area contributed by atoms with Crippen molar-refractivity contribution in [3.8, 4) is 0 Å². The first-order valence-corrected chi connectivity index (χ1v) is 6.57. The molecule has 1 heterocycles. The Balaban J connectivity index is 1.83. The van der Waals surface area contributed by atoms with Crippen LogP contribution in [0.3, 0.4) is 0 Å². The summed E-state index contributed by atoms with van der Waals surface area (Å²) in [4.78, 5) is 23.3. The molecular formula is C15H16N2O4. The van der Waals surface area contributed by atoms with E-state index in [-0.39, 0.29) is 12.5 Å². The average Bonchev–Trinajstić information content (AvgIpc) is 2.90. The lowest BCUT2D eigenvalue weighted by Gasteiger charge is -2.05. The quantitative estimate of drug-likeness (QED) is 0.854. The number of aryl methyl sites for hydroxylation is 2. The van der Waals surface area contributed by atoms with Crippen LogP contribution in [-0.2, 0) is 16.0 Å². The van der Waals surface area contributed by atoms with Gasteiger partial charge in [-0.25, -0.2) is 4.79 Å². The number of amides is 1. The van der Waals surface area contributed by atoms with Crippen LogP contribution in [0.15, 0.2) is 34.9 Å². The fraction of sp³-hybridized carbons (Fsp3) is 0.267. The van der Waals surface area contributed by atoms with Crippen LogP contribution in [0.4, 0.5) is 5.88 Å². The summed E-state index contributed by atoms with van der Waals surface area (Å²) in [6.45, 7) is 3.39. The fourth-order valence-electron chi connectivity index (χ4n) is 1.69. The van der Waals surface area contributed by atoms with Gasteiger partial charge < -0.3 is 9.26 Å². The maximum atomic E-state index is 11.8. The number of carbonyl (C=O) groups excluding carboxylic acids is 2. The molecule has 0 radical (unpaired) electrons. The Bertz CT molecular complexity index is 631. The Morgan fingerprint density at radius 1 is 1.29 bits per heavy atom. The second-order valence-electron chi connectivity index (χ2n) is 4.51. The van der Waals surface area contributed by atoms with Gasteiger partial charge in [-0.15, -0.1) is 0 Å². The minimum Gasteiger partial charge on any atom is -0.452 e. The molecular weight excluding hydrogens is 272 g/mol. The molecule has 1 aromatic carbocycles. The molecule has 21 heavy (non-hydrogen) atoms. The van der Waals surface area contributed by atoms with Crippen LogP contribution in [-0.4, -0.2) is 23.6 Å². The number of nitrogens with zero attached hydrogens (tertiary/aromatic N) is 1. The first-order chi connectivity index (χ1) is 10.1. The van der Waals surface area contributed by atoms with Crippen LogP contribution in [0.25, 0.3) is 0 Å². The van der Waals surface area contributed by atoms with Crippen LogP contribution in [0.5, 0.6) is 0 Å². The maximum absolute atomic E-state index is 11.8. The zero-order valence-corrected chi connectivity index (χ0v) is 11.9. The van der Waals surface area contributed by atoms with E-state index in [9.17, 15) is 9.59 Å². The third-order valence-corrected chi connectivity index (χ3v) is 2.82.